The van der Waals surface area contributed by atoms with Crippen molar-refractivity contribution in [2.24, 2.45) is 5.92 Å². The van der Waals surface area contributed by atoms with Crippen molar-refractivity contribution in [2.45, 2.75) is 58.4 Å². The first kappa shape index (κ1) is 15.0. The molecule has 0 spiro atoms. The van der Waals surface area contributed by atoms with Crippen LogP contribution >= 0.6 is 0 Å². The van der Waals surface area contributed by atoms with Crippen molar-refractivity contribution >= 4 is 11.9 Å². The van der Waals surface area contributed by atoms with Crippen LogP contribution in [0.1, 0.15) is 52.4 Å². The molecule has 1 rings (SSSR count). The highest BCUT2D eigenvalue weighted by Crippen LogP contribution is 2.27. The van der Waals surface area contributed by atoms with Crippen LogP contribution in [0, 0.1) is 5.92 Å². The number of nitrogens with zero attached hydrogens (tertiary/aromatic N) is 1. The lowest BCUT2D eigenvalue weighted by Crippen LogP contribution is -2.41. The van der Waals surface area contributed by atoms with Crippen molar-refractivity contribution in [2.75, 3.05) is 13.7 Å². The molecule has 1 fully saturated rings. The molecule has 0 heterocycles. The maximum Gasteiger partial charge on any atom is 0.325 e. The summed E-state index contributed by atoms with van der Waals surface area (Å²) in [7, 11) is 1.35. The van der Waals surface area contributed by atoms with Gasteiger partial charge in [-0.2, -0.15) is 0 Å². The highest BCUT2D eigenvalue weighted by molar-refractivity contribution is 5.82. The van der Waals surface area contributed by atoms with Gasteiger partial charge >= 0.3 is 5.97 Å². The van der Waals surface area contributed by atoms with Crippen LogP contribution in [0.5, 0.6) is 0 Å². The monoisotopic (exact) mass is 255 g/mol. The highest BCUT2D eigenvalue weighted by Gasteiger charge is 2.24. The average Bonchev–Trinajstić information content (AvgIpc) is 2.36. The van der Waals surface area contributed by atoms with E-state index in [-0.39, 0.29) is 24.5 Å². The van der Waals surface area contributed by atoms with Gasteiger partial charge in [0.05, 0.1) is 7.11 Å². The normalized spacial score (nSPS) is 16.7. The second-order valence-electron chi connectivity index (χ2n) is 5.40. The van der Waals surface area contributed by atoms with Crippen molar-refractivity contribution in [3.05, 3.63) is 0 Å². The zero-order valence-corrected chi connectivity index (χ0v) is 11.8. The molecular formula is C14H25NO3. The third-order valence-corrected chi connectivity index (χ3v) is 3.66. The third-order valence-electron chi connectivity index (χ3n) is 3.66. The molecule has 4 heteroatoms. The van der Waals surface area contributed by atoms with E-state index >= 15 is 0 Å². The molecule has 0 radical (unpaired) electrons. The van der Waals surface area contributed by atoms with E-state index in [9.17, 15) is 9.59 Å². The number of methoxy groups -OCH3 is 1. The third kappa shape index (κ3) is 4.67. The Morgan fingerprint density at radius 1 is 1.22 bits per heavy atom. The summed E-state index contributed by atoms with van der Waals surface area (Å²) in [6.07, 6.45) is 6.63. The molecule has 0 atom stereocenters. The minimum Gasteiger partial charge on any atom is -0.468 e. The second-order valence-corrected chi connectivity index (χ2v) is 5.40. The highest BCUT2D eigenvalue weighted by atomic mass is 16.5. The van der Waals surface area contributed by atoms with Crippen molar-refractivity contribution in [1.29, 1.82) is 0 Å². The number of amides is 1. The molecule has 1 saturated carbocycles. The van der Waals surface area contributed by atoms with Crippen LogP contribution in [0.3, 0.4) is 0 Å². The Kier molecular flexibility index (Phi) is 6.16. The minimum absolute atomic E-state index is 0.0418. The van der Waals surface area contributed by atoms with Crippen LogP contribution in [0.4, 0.5) is 0 Å². The van der Waals surface area contributed by atoms with Gasteiger partial charge in [-0.1, -0.05) is 19.3 Å². The van der Waals surface area contributed by atoms with Crippen LogP contribution in [-0.4, -0.2) is 36.5 Å². The number of carbonyl (C=O) groups excluding carboxylic acids is 2. The van der Waals surface area contributed by atoms with Gasteiger partial charge < -0.3 is 9.64 Å². The SMILES string of the molecule is COC(=O)CN(C(=O)CC1CCCCC1)C(C)C. The molecular weight excluding hydrogens is 230 g/mol. The van der Waals surface area contributed by atoms with E-state index in [1.54, 1.807) is 4.90 Å². The van der Waals surface area contributed by atoms with Crippen molar-refractivity contribution < 1.29 is 14.3 Å². The summed E-state index contributed by atoms with van der Waals surface area (Å²) in [5, 5.41) is 0. The standard InChI is InChI=1S/C14H25NO3/c1-11(2)15(10-14(17)18-3)13(16)9-12-7-5-4-6-8-12/h11-12H,4-10H2,1-3H3. The molecule has 104 valence electrons. The first-order chi connectivity index (χ1) is 8.54. The van der Waals surface area contributed by atoms with E-state index in [1.807, 2.05) is 13.8 Å². The number of hydrogen-bond donors (Lipinski definition) is 0. The van der Waals surface area contributed by atoms with Crippen LogP contribution in [0.2, 0.25) is 0 Å². The minimum atomic E-state index is -0.347. The number of rotatable bonds is 5. The molecule has 4 nitrogen and oxygen atoms in total. The lowest BCUT2D eigenvalue weighted by molar-refractivity contribution is -0.148. The van der Waals surface area contributed by atoms with Crippen LogP contribution in [0.15, 0.2) is 0 Å². The molecule has 0 aromatic heterocycles. The Morgan fingerprint density at radius 3 is 2.33 bits per heavy atom. The molecule has 0 N–H and O–H groups in total. The van der Waals surface area contributed by atoms with Crippen LogP contribution < -0.4 is 0 Å². The van der Waals surface area contributed by atoms with Gasteiger partial charge in [-0.3, -0.25) is 9.59 Å². The fourth-order valence-corrected chi connectivity index (χ4v) is 2.52. The van der Waals surface area contributed by atoms with Crippen molar-refractivity contribution in [3.63, 3.8) is 0 Å². The van der Waals surface area contributed by atoms with Crippen molar-refractivity contribution in [3.8, 4) is 0 Å². The Balaban J connectivity index is 2.50. The largest absolute Gasteiger partial charge is 0.468 e. The fraction of sp³-hybridized carbons (Fsp3) is 0.857. The summed E-state index contributed by atoms with van der Waals surface area (Å²) in [4.78, 5) is 25.2. The zero-order valence-electron chi connectivity index (χ0n) is 11.8. The van der Waals surface area contributed by atoms with E-state index in [0.29, 0.717) is 12.3 Å². The molecule has 18 heavy (non-hydrogen) atoms. The summed E-state index contributed by atoms with van der Waals surface area (Å²) in [5.41, 5.74) is 0. The van der Waals surface area contributed by atoms with Crippen LogP contribution in [0.25, 0.3) is 0 Å². The Morgan fingerprint density at radius 2 is 1.83 bits per heavy atom. The molecule has 1 aliphatic rings. The molecule has 1 amide bonds. The Hall–Kier alpha value is -1.06. The van der Waals surface area contributed by atoms with Gasteiger partial charge in [-0.15, -0.1) is 0 Å². The van der Waals surface area contributed by atoms with E-state index < -0.39 is 0 Å². The quantitative estimate of drug-likeness (QED) is 0.708. The topological polar surface area (TPSA) is 46.6 Å². The van der Waals surface area contributed by atoms with Gasteiger partial charge in [0.1, 0.15) is 6.54 Å². The Bertz CT molecular complexity index is 283. The number of carbonyl (C=O) groups is 2. The van der Waals surface area contributed by atoms with Gasteiger partial charge in [0.15, 0.2) is 0 Å². The smallest absolute Gasteiger partial charge is 0.325 e. The van der Waals surface area contributed by atoms with Gasteiger partial charge in [0, 0.05) is 12.5 Å². The van der Waals surface area contributed by atoms with E-state index in [0.717, 1.165) is 12.8 Å². The predicted octanol–water partition coefficient (Wildman–Crippen LogP) is 2.37. The molecule has 0 aliphatic heterocycles. The molecule has 1 aliphatic carbocycles. The van der Waals surface area contributed by atoms with Crippen LogP contribution in [-0.2, 0) is 14.3 Å². The molecule has 0 bridgehead atoms. The molecule has 0 saturated heterocycles. The van der Waals surface area contributed by atoms with Gasteiger partial charge in [-0.05, 0) is 32.6 Å². The maximum atomic E-state index is 12.2. The summed E-state index contributed by atoms with van der Waals surface area (Å²) in [6, 6.07) is 0.0418. The summed E-state index contributed by atoms with van der Waals surface area (Å²) in [6.45, 7) is 3.93. The first-order valence-electron chi connectivity index (χ1n) is 6.91. The Labute approximate surface area is 110 Å². The number of hydrogen-bond acceptors (Lipinski definition) is 3. The molecule has 0 aromatic rings. The first-order valence-corrected chi connectivity index (χ1v) is 6.91. The fourth-order valence-electron chi connectivity index (χ4n) is 2.52. The predicted molar refractivity (Wildman–Crippen MR) is 70.1 cm³/mol. The molecule has 0 unspecified atom stereocenters. The van der Waals surface area contributed by atoms with Gasteiger partial charge in [0.2, 0.25) is 5.91 Å². The summed E-state index contributed by atoms with van der Waals surface area (Å²) >= 11 is 0. The maximum absolute atomic E-state index is 12.2. The second kappa shape index (κ2) is 7.39. The van der Waals surface area contributed by atoms with Gasteiger partial charge in [0.25, 0.3) is 0 Å². The van der Waals surface area contributed by atoms with Crippen molar-refractivity contribution in [1.82, 2.24) is 4.90 Å². The number of ether oxygens (including phenoxy) is 1. The van der Waals surface area contributed by atoms with E-state index in [1.165, 1.54) is 26.4 Å². The lowest BCUT2D eigenvalue weighted by atomic mass is 9.86. The lowest BCUT2D eigenvalue weighted by Gasteiger charge is -2.28. The molecule has 0 aromatic carbocycles. The van der Waals surface area contributed by atoms with E-state index in [4.69, 9.17) is 0 Å². The summed E-state index contributed by atoms with van der Waals surface area (Å²) in [5.74, 6) is 0.244. The number of esters is 1. The zero-order chi connectivity index (χ0) is 13.5. The van der Waals surface area contributed by atoms with E-state index in [2.05, 4.69) is 4.74 Å². The average molecular weight is 255 g/mol. The van der Waals surface area contributed by atoms with Gasteiger partial charge in [-0.25, -0.2) is 0 Å². The summed E-state index contributed by atoms with van der Waals surface area (Å²) < 4.78 is 4.64.